The molecule has 0 aliphatic rings. The van der Waals surface area contributed by atoms with Crippen LogP contribution in [0.2, 0.25) is 10.0 Å². The molecule has 0 saturated carbocycles. The largest absolute Gasteiger partial charge is 0.490 e. The normalized spacial score (nSPS) is 10.7. The Morgan fingerprint density at radius 1 is 1.06 bits per heavy atom. The second kappa shape index (κ2) is 5.63. The van der Waals surface area contributed by atoms with Crippen molar-refractivity contribution in [3.05, 3.63) is 28.4 Å². The summed E-state index contributed by atoms with van der Waals surface area (Å²) in [6.45, 7) is 4.95. The van der Waals surface area contributed by atoms with Crippen molar-refractivity contribution in [2.24, 2.45) is 0 Å². The zero-order valence-corrected chi connectivity index (χ0v) is 11.7. The van der Waals surface area contributed by atoms with Crippen LogP contribution >= 0.6 is 23.2 Å². The monoisotopic (exact) mass is 285 g/mol. The third-order valence-electron chi connectivity index (χ3n) is 2.42. The minimum absolute atomic E-state index is 0.427. The Bertz CT molecular complexity index is 572. The van der Waals surface area contributed by atoms with Gasteiger partial charge in [0.15, 0.2) is 11.5 Å². The van der Waals surface area contributed by atoms with E-state index in [2.05, 4.69) is 4.98 Å². The second-order valence-electron chi connectivity index (χ2n) is 3.60. The van der Waals surface area contributed by atoms with Gasteiger partial charge in [0.05, 0.1) is 28.8 Å². The molecule has 0 spiro atoms. The van der Waals surface area contributed by atoms with Crippen LogP contribution in [0, 0.1) is 0 Å². The molecule has 5 heteroatoms. The lowest BCUT2D eigenvalue weighted by molar-refractivity contribution is 0.288. The molecule has 96 valence electrons. The van der Waals surface area contributed by atoms with Crippen molar-refractivity contribution in [1.82, 2.24) is 4.98 Å². The van der Waals surface area contributed by atoms with Crippen LogP contribution in [0.1, 0.15) is 13.8 Å². The maximum Gasteiger partial charge on any atom is 0.163 e. The van der Waals surface area contributed by atoms with Crippen LogP contribution in [0.3, 0.4) is 0 Å². The molecule has 0 atom stereocenters. The van der Waals surface area contributed by atoms with Crippen LogP contribution in [0.4, 0.5) is 0 Å². The van der Waals surface area contributed by atoms with Gasteiger partial charge in [-0.25, -0.2) is 0 Å². The lowest BCUT2D eigenvalue weighted by atomic mass is 10.2. The minimum atomic E-state index is 0.427. The Morgan fingerprint density at radius 2 is 1.67 bits per heavy atom. The first kappa shape index (κ1) is 13.2. The maximum atomic E-state index is 6.16. The van der Waals surface area contributed by atoms with Gasteiger partial charge in [0.25, 0.3) is 0 Å². The fraction of sp³-hybridized carbons (Fsp3) is 0.308. The molecule has 0 radical (unpaired) electrons. The highest BCUT2D eigenvalue weighted by Gasteiger charge is 2.12. The number of fused-ring (bicyclic) bond motifs is 1. The molecule has 0 unspecified atom stereocenters. The van der Waals surface area contributed by atoms with Crippen molar-refractivity contribution in [1.29, 1.82) is 0 Å². The van der Waals surface area contributed by atoms with E-state index in [0.29, 0.717) is 34.8 Å². The SMILES string of the molecule is CCOc1cc2ncc(Cl)c(Cl)c2cc1OCC. The first-order valence-electron chi connectivity index (χ1n) is 5.70. The molecule has 0 fully saturated rings. The van der Waals surface area contributed by atoms with E-state index in [1.807, 2.05) is 26.0 Å². The topological polar surface area (TPSA) is 31.4 Å². The molecule has 0 amide bonds. The highest BCUT2D eigenvalue weighted by atomic mass is 35.5. The Labute approximate surface area is 116 Å². The van der Waals surface area contributed by atoms with Crippen molar-refractivity contribution in [3.63, 3.8) is 0 Å². The number of hydrogen-bond acceptors (Lipinski definition) is 3. The molecule has 18 heavy (non-hydrogen) atoms. The Balaban J connectivity index is 2.64. The molecule has 3 nitrogen and oxygen atoms in total. The van der Waals surface area contributed by atoms with E-state index in [1.54, 1.807) is 0 Å². The number of pyridine rings is 1. The third kappa shape index (κ3) is 2.47. The minimum Gasteiger partial charge on any atom is -0.490 e. The summed E-state index contributed by atoms with van der Waals surface area (Å²) in [5.74, 6) is 1.32. The maximum absolute atomic E-state index is 6.16. The summed E-state index contributed by atoms with van der Waals surface area (Å²) >= 11 is 12.1. The smallest absolute Gasteiger partial charge is 0.163 e. The van der Waals surface area contributed by atoms with Crippen molar-refractivity contribution in [2.75, 3.05) is 13.2 Å². The molecule has 0 N–H and O–H groups in total. The number of halogens is 2. The second-order valence-corrected chi connectivity index (χ2v) is 4.39. The van der Waals surface area contributed by atoms with Crippen LogP contribution in [-0.2, 0) is 0 Å². The molecule has 0 aliphatic carbocycles. The van der Waals surface area contributed by atoms with Crippen LogP contribution in [0.15, 0.2) is 18.3 Å². The summed E-state index contributed by atoms with van der Waals surface area (Å²) in [6, 6.07) is 3.62. The number of ether oxygens (including phenoxy) is 2. The van der Waals surface area contributed by atoms with Gasteiger partial charge in [0, 0.05) is 17.6 Å². The zero-order chi connectivity index (χ0) is 13.1. The Hall–Kier alpha value is -1.19. The first-order chi connectivity index (χ1) is 8.67. The Kier molecular flexibility index (Phi) is 4.15. The molecular weight excluding hydrogens is 273 g/mol. The van der Waals surface area contributed by atoms with E-state index >= 15 is 0 Å². The van der Waals surface area contributed by atoms with Gasteiger partial charge in [-0.1, -0.05) is 23.2 Å². The molecule has 1 aromatic heterocycles. The highest BCUT2D eigenvalue weighted by molar-refractivity contribution is 6.45. The number of aromatic nitrogens is 1. The van der Waals surface area contributed by atoms with Crippen LogP contribution in [0.5, 0.6) is 11.5 Å². The molecule has 0 aliphatic heterocycles. The van der Waals surface area contributed by atoms with E-state index in [0.717, 1.165) is 10.9 Å². The average molecular weight is 286 g/mol. The summed E-state index contributed by atoms with van der Waals surface area (Å²) in [6.07, 6.45) is 1.53. The summed E-state index contributed by atoms with van der Waals surface area (Å²) in [7, 11) is 0. The summed E-state index contributed by atoms with van der Waals surface area (Å²) < 4.78 is 11.1. The van der Waals surface area contributed by atoms with Crippen LogP contribution in [0.25, 0.3) is 10.9 Å². The fourth-order valence-corrected chi connectivity index (χ4v) is 2.03. The van der Waals surface area contributed by atoms with Gasteiger partial charge in [-0.2, -0.15) is 0 Å². The molecule has 1 heterocycles. The van der Waals surface area contributed by atoms with Crippen molar-refractivity contribution >= 4 is 34.1 Å². The predicted molar refractivity (Wildman–Crippen MR) is 74.1 cm³/mol. The van der Waals surface area contributed by atoms with Crippen LogP contribution < -0.4 is 9.47 Å². The van der Waals surface area contributed by atoms with Crippen molar-refractivity contribution in [3.8, 4) is 11.5 Å². The quantitative estimate of drug-likeness (QED) is 0.837. The number of benzene rings is 1. The van der Waals surface area contributed by atoms with Gasteiger partial charge < -0.3 is 9.47 Å². The lowest BCUT2D eigenvalue weighted by Gasteiger charge is -2.12. The van der Waals surface area contributed by atoms with Gasteiger partial charge in [-0.3, -0.25) is 4.98 Å². The van der Waals surface area contributed by atoms with E-state index in [9.17, 15) is 0 Å². The van der Waals surface area contributed by atoms with Crippen molar-refractivity contribution in [2.45, 2.75) is 13.8 Å². The van der Waals surface area contributed by atoms with Crippen LogP contribution in [-0.4, -0.2) is 18.2 Å². The van der Waals surface area contributed by atoms with Gasteiger partial charge in [-0.15, -0.1) is 0 Å². The van der Waals surface area contributed by atoms with Gasteiger partial charge in [-0.05, 0) is 19.9 Å². The zero-order valence-electron chi connectivity index (χ0n) is 10.2. The van der Waals surface area contributed by atoms with Crippen molar-refractivity contribution < 1.29 is 9.47 Å². The van der Waals surface area contributed by atoms with Gasteiger partial charge in [0.2, 0.25) is 0 Å². The van der Waals surface area contributed by atoms with Gasteiger partial charge >= 0.3 is 0 Å². The third-order valence-corrected chi connectivity index (χ3v) is 3.22. The molecule has 0 bridgehead atoms. The molecular formula is C13H13Cl2NO2. The highest BCUT2D eigenvalue weighted by Crippen LogP contribution is 2.37. The number of hydrogen-bond donors (Lipinski definition) is 0. The van der Waals surface area contributed by atoms with E-state index in [1.165, 1.54) is 6.20 Å². The number of nitrogens with zero attached hydrogens (tertiary/aromatic N) is 1. The molecule has 0 saturated heterocycles. The average Bonchev–Trinajstić information content (AvgIpc) is 2.36. The fourth-order valence-electron chi connectivity index (χ4n) is 1.68. The van der Waals surface area contributed by atoms with E-state index < -0.39 is 0 Å². The molecule has 2 aromatic rings. The number of rotatable bonds is 4. The molecule has 1 aromatic carbocycles. The summed E-state index contributed by atoms with van der Waals surface area (Å²) in [5.41, 5.74) is 0.733. The summed E-state index contributed by atoms with van der Waals surface area (Å²) in [5, 5.41) is 1.66. The first-order valence-corrected chi connectivity index (χ1v) is 6.46. The summed E-state index contributed by atoms with van der Waals surface area (Å²) in [4.78, 5) is 4.23. The standard InChI is InChI=1S/C13H13Cl2NO2/c1-3-17-11-5-8-10(6-12(11)18-4-2)16-7-9(14)13(8)15/h5-7H,3-4H2,1-2H3. The predicted octanol–water partition coefficient (Wildman–Crippen LogP) is 4.34. The van der Waals surface area contributed by atoms with E-state index in [-0.39, 0.29) is 0 Å². The van der Waals surface area contributed by atoms with E-state index in [4.69, 9.17) is 32.7 Å². The van der Waals surface area contributed by atoms with Gasteiger partial charge in [0.1, 0.15) is 0 Å². The Morgan fingerprint density at radius 3 is 2.28 bits per heavy atom. The molecule has 2 rings (SSSR count). The lowest BCUT2D eigenvalue weighted by Crippen LogP contribution is -1.99.